The third-order valence-electron chi connectivity index (χ3n) is 2.86. The first-order valence-corrected chi connectivity index (χ1v) is 7.83. The molecular formula is C13H13ClFN3O2S. The van der Waals surface area contributed by atoms with Crippen LogP contribution in [0.15, 0.2) is 35.4 Å². The second-order valence-electron chi connectivity index (χ2n) is 4.32. The quantitative estimate of drug-likeness (QED) is 0.902. The second kappa shape index (κ2) is 5.97. The largest absolute Gasteiger partial charge is 0.326 e. The lowest BCUT2D eigenvalue weighted by Crippen LogP contribution is -2.15. The second-order valence-corrected chi connectivity index (χ2v) is 6.38. The van der Waals surface area contributed by atoms with Gasteiger partial charge in [0, 0.05) is 12.7 Å². The van der Waals surface area contributed by atoms with E-state index in [1.54, 1.807) is 25.3 Å². The predicted molar refractivity (Wildman–Crippen MR) is 79.1 cm³/mol. The van der Waals surface area contributed by atoms with E-state index in [4.69, 9.17) is 17.3 Å². The van der Waals surface area contributed by atoms with Crippen LogP contribution in [0.5, 0.6) is 0 Å². The zero-order valence-corrected chi connectivity index (χ0v) is 12.7. The molecule has 0 aliphatic carbocycles. The molecule has 0 aliphatic rings. The van der Waals surface area contributed by atoms with Crippen molar-refractivity contribution in [3.8, 4) is 0 Å². The van der Waals surface area contributed by atoms with Crippen molar-refractivity contribution in [2.45, 2.75) is 18.4 Å². The topological polar surface area (TPSA) is 85.1 Å². The molecule has 2 rings (SSSR count). The highest BCUT2D eigenvalue weighted by atomic mass is 35.5. The summed E-state index contributed by atoms with van der Waals surface area (Å²) in [5.41, 5.74) is 6.48. The molecular weight excluding hydrogens is 317 g/mol. The van der Waals surface area contributed by atoms with E-state index in [2.05, 4.69) is 9.71 Å². The maximum Gasteiger partial charge on any atom is 0.262 e. The summed E-state index contributed by atoms with van der Waals surface area (Å²) < 4.78 is 40.6. The summed E-state index contributed by atoms with van der Waals surface area (Å²) in [6.07, 6.45) is 1.54. The monoisotopic (exact) mass is 329 g/mol. The van der Waals surface area contributed by atoms with Crippen molar-refractivity contribution in [2.24, 2.45) is 5.73 Å². The predicted octanol–water partition coefficient (Wildman–Crippen LogP) is 2.44. The summed E-state index contributed by atoms with van der Waals surface area (Å²) in [5, 5.41) is -0.172. The lowest BCUT2D eigenvalue weighted by atomic mass is 10.2. The Kier molecular flexibility index (Phi) is 4.46. The van der Waals surface area contributed by atoms with Crippen LogP contribution in [0.1, 0.15) is 11.3 Å². The van der Waals surface area contributed by atoms with E-state index < -0.39 is 15.8 Å². The fraction of sp³-hybridized carbons (Fsp3) is 0.154. The molecule has 8 heteroatoms. The van der Waals surface area contributed by atoms with Crippen LogP contribution < -0.4 is 10.5 Å². The molecule has 0 radical (unpaired) electrons. The normalized spacial score (nSPS) is 11.4. The molecule has 0 saturated heterocycles. The van der Waals surface area contributed by atoms with Gasteiger partial charge in [-0.1, -0.05) is 11.6 Å². The molecule has 0 bridgehead atoms. The zero-order valence-electron chi connectivity index (χ0n) is 11.1. The molecule has 0 amide bonds. The Labute approximate surface area is 127 Å². The number of anilines is 1. The van der Waals surface area contributed by atoms with Gasteiger partial charge in [-0.25, -0.2) is 12.8 Å². The first kappa shape index (κ1) is 15.7. The SMILES string of the molecule is Cc1ncccc1NS(=O)(=O)c1cc(F)c(Cl)c(CN)c1. The number of rotatable bonds is 4. The molecule has 0 atom stereocenters. The van der Waals surface area contributed by atoms with E-state index in [1.807, 2.05) is 0 Å². The number of aromatic nitrogens is 1. The highest BCUT2D eigenvalue weighted by Crippen LogP contribution is 2.25. The molecule has 0 fully saturated rings. The molecule has 5 nitrogen and oxygen atoms in total. The lowest BCUT2D eigenvalue weighted by molar-refractivity contribution is 0.594. The van der Waals surface area contributed by atoms with Crippen LogP contribution in [0.4, 0.5) is 10.1 Å². The average molecular weight is 330 g/mol. The Morgan fingerprint density at radius 1 is 1.43 bits per heavy atom. The fourth-order valence-corrected chi connectivity index (χ4v) is 3.08. The van der Waals surface area contributed by atoms with E-state index in [0.717, 1.165) is 6.07 Å². The van der Waals surface area contributed by atoms with Crippen LogP contribution in [-0.4, -0.2) is 13.4 Å². The van der Waals surface area contributed by atoms with Gasteiger partial charge < -0.3 is 5.73 Å². The zero-order chi connectivity index (χ0) is 15.6. The number of hydrogen-bond donors (Lipinski definition) is 2. The molecule has 1 aromatic heterocycles. The van der Waals surface area contributed by atoms with E-state index in [0.29, 0.717) is 11.4 Å². The number of halogens is 2. The Morgan fingerprint density at radius 2 is 2.14 bits per heavy atom. The fourth-order valence-electron chi connectivity index (χ4n) is 1.72. The first-order chi connectivity index (χ1) is 9.85. The number of aryl methyl sites for hydroxylation is 1. The molecule has 0 spiro atoms. The molecule has 0 unspecified atom stereocenters. The highest BCUT2D eigenvalue weighted by Gasteiger charge is 2.19. The minimum Gasteiger partial charge on any atom is -0.326 e. The molecule has 0 aliphatic heterocycles. The molecule has 2 aromatic rings. The number of pyridine rings is 1. The number of hydrogen-bond acceptors (Lipinski definition) is 4. The summed E-state index contributed by atoms with van der Waals surface area (Å²) in [6, 6.07) is 5.27. The van der Waals surface area contributed by atoms with Gasteiger partial charge in [-0.3, -0.25) is 9.71 Å². The van der Waals surface area contributed by atoms with Crippen LogP contribution in [0.3, 0.4) is 0 Å². The maximum atomic E-state index is 13.7. The minimum atomic E-state index is -3.95. The number of sulfonamides is 1. The summed E-state index contributed by atoms with van der Waals surface area (Å²) in [7, 11) is -3.95. The smallest absolute Gasteiger partial charge is 0.262 e. The molecule has 112 valence electrons. The van der Waals surface area contributed by atoms with Gasteiger partial charge in [0.2, 0.25) is 0 Å². The van der Waals surface area contributed by atoms with Crippen LogP contribution >= 0.6 is 11.6 Å². The average Bonchev–Trinajstić information content (AvgIpc) is 2.44. The van der Waals surface area contributed by atoms with E-state index in [-0.39, 0.29) is 22.0 Å². The number of nitrogens with one attached hydrogen (secondary N) is 1. The highest BCUT2D eigenvalue weighted by molar-refractivity contribution is 7.92. The van der Waals surface area contributed by atoms with Crippen LogP contribution in [0.25, 0.3) is 0 Å². The molecule has 21 heavy (non-hydrogen) atoms. The van der Waals surface area contributed by atoms with Gasteiger partial charge in [0.05, 0.1) is 21.3 Å². The Balaban J connectivity index is 2.45. The number of nitrogens with two attached hydrogens (primary N) is 1. The van der Waals surface area contributed by atoms with E-state index in [9.17, 15) is 12.8 Å². The van der Waals surface area contributed by atoms with E-state index in [1.165, 1.54) is 6.07 Å². The van der Waals surface area contributed by atoms with Crippen LogP contribution in [-0.2, 0) is 16.6 Å². The van der Waals surface area contributed by atoms with Crippen molar-refractivity contribution in [1.82, 2.24) is 4.98 Å². The Hall–Kier alpha value is -1.70. The van der Waals surface area contributed by atoms with Crippen molar-refractivity contribution in [3.63, 3.8) is 0 Å². The summed E-state index contributed by atoms with van der Waals surface area (Å²) in [6.45, 7) is 1.59. The number of benzene rings is 1. The molecule has 1 heterocycles. The van der Waals surface area contributed by atoms with Gasteiger partial charge in [-0.15, -0.1) is 0 Å². The summed E-state index contributed by atoms with van der Waals surface area (Å²) in [4.78, 5) is 3.74. The van der Waals surface area contributed by atoms with Gasteiger partial charge in [0.15, 0.2) is 0 Å². The van der Waals surface area contributed by atoms with Gasteiger partial charge in [-0.2, -0.15) is 0 Å². The van der Waals surface area contributed by atoms with Crippen molar-refractivity contribution < 1.29 is 12.8 Å². The van der Waals surface area contributed by atoms with E-state index >= 15 is 0 Å². The number of nitrogens with zero attached hydrogens (tertiary/aromatic N) is 1. The van der Waals surface area contributed by atoms with Crippen LogP contribution in [0, 0.1) is 12.7 Å². The van der Waals surface area contributed by atoms with Crippen molar-refractivity contribution in [3.05, 3.63) is 52.6 Å². The molecule has 1 aromatic carbocycles. The summed E-state index contributed by atoms with van der Waals surface area (Å²) in [5.74, 6) is -0.831. The van der Waals surface area contributed by atoms with Gasteiger partial charge in [0.25, 0.3) is 10.0 Å². The van der Waals surface area contributed by atoms with Gasteiger partial charge >= 0.3 is 0 Å². The van der Waals surface area contributed by atoms with Gasteiger partial charge in [-0.05, 0) is 36.8 Å². The third kappa shape index (κ3) is 3.31. The standard InChI is InChI=1S/C13H13ClFN3O2S/c1-8-12(3-2-4-17-8)18-21(19,20)10-5-9(7-16)13(14)11(15)6-10/h2-6,18H,7,16H2,1H3. The molecule has 3 N–H and O–H groups in total. The van der Waals surface area contributed by atoms with Crippen molar-refractivity contribution in [2.75, 3.05) is 4.72 Å². The Morgan fingerprint density at radius 3 is 2.76 bits per heavy atom. The van der Waals surface area contributed by atoms with Crippen LogP contribution in [0.2, 0.25) is 5.02 Å². The summed E-state index contributed by atoms with van der Waals surface area (Å²) >= 11 is 5.72. The van der Waals surface area contributed by atoms with Crippen molar-refractivity contribution >= 4 is 27.3 Å². The Bertz CT molecular complexity index is 781. The molecule has 0 saturated carbocycles. The minimum absolute atomic E-state index is 0.0645. The first-order valence-electron chi connectivity index (χ1n) is 5.97. The third-order valence-corrected chi connectivity index (χ3v) is 4.63. The van der Waals surface area contributed by atoms with Crippen molar-refractivity contribution in [1.29, 1.82) is 0 Å². The maximum absolute atomic E-state index is 13.7. The van der Waals surface area contributed by atoms with Gasteiger partial charge in [0.1, 0.15) is 5.82 Å². The lowest BCUT2D eigenvalue weighted by Gasteiger charge is -2.11.